The molecule has 2 aromatic rings. The van der Waals surface area contributed by atoms with Gasteiger partial charge in [-0.05, 0) is 17.7 Å². The van der Waals surface area contributed by atoms with Gasteiger partial charge in [0.1, 0.15) is 15.8 Å². The Morgan fingerprint density at radius 1 is 1.04 bits per heavy atom. The molecule has 0 N–H and O–H groups in total. The second-order valence-corrected chi connectivity index (χ2v) is 7.09. The van der Waals surface area contributed by atoms with E-state index in [0.717, 1.165) is 37.4 Å². The molecule has 0 saturated carbocycles. The van der Waals surface area contributed by atoms with E-state index in [1.165, 1.54) is 23.7 Å². The van der Waals surface area contributed by atoms with Gasteiger partial charge in [0.05, 0.1) is 0 Å². The third-order valence-electron chi connectivity index (χ3n) is 3.91. The predicted octanol–water partition coefficient (Wildman–Crippen LogP) is 3.41. The normalized spacial score (nSPS) is 17.0. The van der Waals surface area contributed by atoms with Crippen LogP contribution < -0.4 is 4.74 Å². The Morgan fingerprint density at radius 2 is 1.64 bits per heavy atom. The first-order chi connectivity index (χ1) is 11.9. The van der Waals surface area contributed by atoms with Gasteiger partial charge in [-0.1, -0.05) is 28.2 Å². The van der Waals surface area contributed by atoms with Crippen molar-refractivity contribution in [3.8, 4) is 5.75 Å². The second kappa shape index (κ2) is 7.86. The molecule has 0 spiro atoms. The Labute approximate surface area is 152 Å². The Balaban J connectivity index is 1.46. The lowest BCUT2D eigenvalue weighted by Gasteiger charge is -2.34. The third kappa shape index (κ3) is 5.53. The number of nitrogens with zero attached hydrogens (tertiary/aromatic N) is 4. The van der Waals surface area contributed by atoms with Crippen LogP contribution in [0.25, 0.3) is 0 Å². The molecule has 1 aromatic heterocycles. The van der Waals surface area contributed by atoms with Crippen LogP contribution in [0, 0.1) is 0 Å². The van der Waals surface area contributed by atoms with Gasteiger partial charge in [0.25, 0.3) is 0 Å². The number of aromatic nitrogens is 2. The van der Waals surface area contributed by atoms with Crippen LogP contribution in [0.2, 0.25) is 4.34 Å². The van der Waals surface area contributed by atoms with Gasteiger partial charge >= 0.3 is 6.36 Å². The molecule has 0 atom stereocenters. The van der Waals surface area contributed by atoms with Crippen molar-refractivity contribution in [2.45, 2.75) is 19.5 Å². The van der Waals surface area contributed by atoms with Crippen LogP contribution in [-0.4, -0.2) is 51.9 Å². The summed E-state index contributed by atoms with van der Waals surface area (Å²) in [6.07, 6.45) is -4.66. The number of alkyl halides is 3. The number of hydrogen-bond acceptors (Lipinski definition) is 6. The van der Waals surface area contributed by atoms with Crippen LogP contribution in [0.1, 0.15) is 11.3 Å². The molecule has 0 amide bonds. The number of rotatable bonds is 5. The number of benzene rings is 1. The second-order valence-electron chi connectivity index (χ2n) is 5.74. The summed E-state index contributed by atoms with van der Waals surface area (Å²) in [6, 6.07) is 6.01. The first-order valence-electron chi connectivity index (χ1n) is 7.65. The van der Waals surface area contributed by atoms with Crippen molar-refractivity contribution in [2.75, 3.05) is 26.2 Å². The van der Waals surface area contributed by atoms with Gasteiger partial charge in [0.2, 0.25) is 0 Å². The average Bonchev–Trinajstić information content (AvgIpc) is 2.95. The number of halogens is 4. The molecule has 10 heteroatoms. The molecule has 136 valence electrons. The summed E-state index contributed by atoms with van der Waals surface area (Å²) >= 11 is 7.21. The molecule has 0 aliphatic carbocycles. The molecule has 5 nitrogen and oxygen atoms in total. The molecular formula is C15H16ClF3N4OS. The lowest BCUT2D eigenvalue weighted by atomic mass is 10.2. The molecule has 0 unspecified atom stereocenters. The summed E-state index contributed by atoms with van der Waals surface area (Å²) in [4.78, 5) is 4.52. The van der Waals surface area contributed by atoms with E-state index in [2.05, 4.69) is 24.1 Å². The first kappa shape index (κ1) is 18.4. The number of ether oxygens (including phenoxy) is 1. The lowest BCUT2D eigenvalue weighted by molar-refractivity contribution is -0.274. The van der Waals surface area contributed by atoms with Gasteiger partial charge in [-0.15, -0.1) is 18.3 Å². The van der Waals surface area contributed by atoms with E-state index in [-0.39, 0.29) is 5.75 Å². The van der Waals surface area contributed by atoms with E-state index in [1.54, 1.807) is 12.1 Å². The largest absolute Gasteiger partial charge is 0.573 e. The number of piperazine rings is 1. The van der Waals surface area contributed by atoms with Crippen LogP contribution in [0.5, 0.6) is 5.75 Å². The van der Waals surface area contributed by atoms with Gasteiger partial charge in [-0.3, -0.25) is 9.80 Å². The van der Waals surface area contributed by atoms with Crippen molar-refractivity contribution in [2.24, 2.45) is 0 Å². The maximum Gasteiger partial charge on any atom is 0.573 e. The summed E-state index contributed by atoms with van der Waals surface area (Å²) in [5, 5.41) is 4.02. The fraction of sp³-hybridized carbons (Fsp3) is 0.467. The highest BCUT2D eigenvalue weighted by Crippen LogP contribution is 2.23. The third-order valence-corrected chi connectivity index (χ3v) is 4.90. The van der Waals surface area contributed by atoms with E-state index in [1.807, 2.05) is 0 Å². The standard InChI is InChI=1S/C15H16ClF3N4OS/c16-14-13(20-21-25-14)10-23-7-5-22(6-8-23)9-11-1-3-12(4-2-11)24-15(17,18)19/h1-4H,5-10H2. The van der Waals surface area contributed by atoms with E-state index in [0.29, 0.717) is 17.4 Å². The molecule has 0 radical (unpaired) electrons. The Hall–Kier alpha value is -1.42. The van der Waals surface area contributed by atoms with Crippen LogP contribution in [0.3, 0.4) is 0 Å². The SMILES string of the molecule is FC(F)(F)Oc1ccc(CN2CCN(Cc3nnsc3Cl)CC2)cc1. The Morgan fingerprint density at radius 3 is 2.16 bits per heavy atom. The van der Waals surface area contributed by atoms with Crippen molar-refractivity contribution in [3.63, 3.8) is 0 Å². The highest BCUT2D eigenvalue weighted by atomic mass is 35.5. The van der Waals surface area contributed by atoms with Gasteiger partial charge in [0.15, 0.2) is 0 Å². The molecule has 1 fully saturated rings. The predicted molar refractivity (Wildman–Crippen MR) is 88.6 cm³/mol. The molecule has 1 saturated heterocycles. The zero-order chi connectivity index (χ0) is 17.9. The zero-order valence-electron chi connectivity index (χ0n) is 13.2. The fourth-order valence-corrected chi connectivity index (χ4v) is 3.28. The molecule has 3 rings (SSSR count). The summed E-state index contributed by atoms with van der Waals surface area (Å²) in [5.74, 6) is -0.199. The van der Waals surface area contributed by atoms with E-state index < -0.39 is 6.36 Å². The minimum atomic E-state index is -4.66. The van der Waals surface area contributed by atoms with Crippen LogP contribution >= 0.6 is 23.1 Å². The maximum atomic E-state index is 12.2. The first-order valence-corrected chi connectivity index (χ1v) is 8.80. The fourth-order valence-electron chi connectivity index (χ4n) is 2.66. The van der Waals surface area contributed by atoms with Crippen molar-refractivity contribution in [1.29, 1.82) is 0 Å². The van der Waals surface area contributed by atoms with Gasteiger partial charge < -0.3 is 4.74 Å². The molecule has 1 aliphatic rings. The molecule has 2 heterocycles. The van der Waals surface area contributed by atoms with Crippen LogP contribution in [0.15, 0.2) is 24.3 Å². The molecule has 1 aliphatic heterocycles. The zero-order valence-corrected chi connectivity index (χ0v) is 14.7. The van der Waals surface area contributed by atoms with Crippen molar-refractivity contribution < 1.29 is 17.9 Å². The summed E-state index contributed by atoms with van der Waals surface area (Å²) in [7, 11) is 0. The highest BCUT2D eigenvalue weighted by molar-refractivity contribution is 7.10. The quantitative estimate of drug-likeness (QED) is 0.780. The van der Waals surface area contributed by atoms with E-state index >= 15 is 0 Å². The Kier molecular flexibility index (Phi) is 5.78. The Bertz CT molecular complexity index is 687. The van der Waals surface area contributed by atoms with Gasteiger partial charge in [0, 0.05) is 50.8 Å². The summed E-state index contributed by atoms with van der Waals surface area (Å²) in [5.41, 5.74) is 1.76. The van der Waals surface area contributed by atoms with Crippen molar-refractivity contribution in [1.82, 2.24) is 19.4 Å². The van der Waals surface area contributed by atoms with E-state index in [9.17, 15) is 13.2 Å². The van der Waals surface area contributed by atoms with Crippen molar-refractivity contribution in [3.05, 3.63) is 39.9 Å². The highest BCUT2D eigenvalue weighted by Gasteiger charge is 2.31. The lowest BCUT2D eigenvalue weighted by Crippen LogP contribution is -2.45. The van der Waals surface area contributed by atoms with Gasteiger partial charge in [-0.25, -0.2) is 0 Å². The van der Waals surface area contributed by atoms with E-state index in [4.69, 9.17) is 11.6 Å². The summed E-state index contributed by atoms with van der Waals surface area (Å²) in [6.45, 7) is 4.88. The molecule has 0 bridgehead atoms. The minimum Gasteiger partial charge on any atom is -0.406 e. The molecule has 25 heavy (non-hydrogen) atoms. The topological polar surface area (TPSA) is 41.5 Å². The average molecular weight is 393 g/mol. The van der Waals surface area contributed by atoms with Crippen molar-refractivity contribution >= 4 is 23.1 Å². The van der Waals surface area contributed by atoms with Gasteiger partial charge in [-0.2, -0.15) is 0 Å². The summed E-state index contributed by atoms with van der Waals surface area (Å²) < 4.78 is 44.8. The molecular weight excluding hydrogens is 377 g/mol. The monoisotopic (exact) mass is 392 g/mol. The van der Waals surface area contributed by atoms with Crippen LogP contribution in [0.4, 0.5) is 13.2 Å². The maximum absolute atomic E-state index is 12.2. The van der Waals surface area contributed by atoms with Crippen LogP contribution in [-0.2, 0) is 13.1 Å². The molecule has 1 aromatic carbocycles. The smallest absolute Gasteiger partial charge is 0.406 e. The minimum absolute atomic E-state index is 0.199. The number of hydrogen-bond donors (Lipinski definition) is 0.